The molecule has 0 amide bonds. The van der Waals surface area contributed by atoms with Crippen molar-refractivity contribution in [2.24, 2.45) is 0 Å². The summed E-state index contributed by atoms with van der Waals surface area (Å²) in [4.78, 5) is 30.3. The van der Waals surface area contributed by atoms with Gasteiger partial charge in [0.15, 0.2) is 11.4 Å². The number of nitrogens with zero attached hydrogens (tertiary/aromatic N) is 4. The van der Waals surface area contributed by atoms with Gasteiger partial charge >= 0.3 is 5.97 Å². The minimum Gasteiger partial charge on any atom is -0.485 e. The summed E-state index contributed by atoms with van der Waals surface area (Å²) in [7, 11) is 1.32. The zero-order valence-corrected chi connectivity index (χ0v) is 20.4. The standard InChI is InChI=1S/C28H23FN4O4/c1-17-15-23(31-33(17)21-12-10-20(29)11-13-21)25-18(2)30-26-24(9-6-14-32(26)27(25)34)37-16-19-7-4-5-8-22(19)28(35)36-3/h4-15H,16H2,1-3H3. The van der Waals surface area contributed by atoms with Crippen LogP contribution in [0.3, 0.4) is 0 Å². The molecule has 0 radical (unpaired) electrons. The maximum atomic E-state index is 13.6. The van der Waals surface area contributed by atoms with E-state index in [1.807, 2.05) is 6.92 Å². The number of hydrogen-bond acceptors (Lipinski definition) is 6. The van der Waals surface area contributed by atoms with Gasteiger partial charge in [0.2, 0.25) is 0 Å². The third kappa shape index (κ3) is 4.47. The topological polar surface area (TPSA) is 87.7 Å². The molecule has 8 nitrogen and oxygen atoms in total. The van der Waals surface area contributed by atoms with E-state index in [-0.39, 0.29) is 18.0 Å². The van der Waals surface area contributed by atoms with Gasteiger partial charge in [0.05, 0.1) is 29.6 Å². The summed E-state index contributed by atoms with van der Waals surface area (Å²) in [6, 6.07) is 18.2. The number of rotatable bonds is 6. The van der Waals surface area contributed by atoms with Gasteiger partial charge in [-0.3, -0.25) is 9.20 Å². The molecule has 0 fully saturated rings. The number of halogens is 1. The maximum Gasteiger partial charge on any atom is 0.338 e. The summed E-state index contributed by atoms with van der Waals surface area (Å²) >= 11 is 0. The molecule has 0 aliphatic heterocycles. The van der Waals surface area contributed by atoms with Gasteiger partial charge in [-0.2, -0.15) is 5.10 Å². The normalized spacial score (nSPS) is 11.0. The lowest BCUT2D eigenvalue weighted by molar-refractivity contribution is 0.0597. The SMILES string of the molecule is COC(=O)c1ccccc1COc1cccn2c(=O)c(-c3cc(C)n(-c4ccc(F)cc4)n3)c(C)nc12. The number of methoxy groups -OCH3 is 1. The van der Waals surface area contributed by atoms with Crippen molar-refractivity contribution in [3.05, 3.63) is 112 Å². The molecule has 0 saturated heterocycles. The molecular formula is C28H23FN4O4. The van der Waals surface area contributed by atoms with Crippen LogP contribution in [-0.4, -0.2) is 32.2 Å². The molecule has 0 spiro atoms. The van der Waals surface area contributed by atoms with Crippen LogP contribution in [-0.2, 0) is 11.3 Å². The van der Waals surface area contributed by atoms with E-state index < -0.39 is 5.97 Å². The molecule has 0 unspecified atom stereocenters. The van der Waals surface area contributed by atoms with Crippen molar-refractivity contribution in [3.8, 4) is 22.7 Å². The van der Waals surface area contributed by atoms with Crippen LogP contribution in [0.25, 0.3) is 22.6 Å². The molecule has 2 aromatic carbocycles. The third-order valence-electron chi connectivity index (χ3n) is 6.02. The van der Waals surface area contributed by atoms with Crippen molar-refractivity contribution in [3.63, 3.8) is 0 Å². The molecule has 0 saturated carbocycles. The Morgan fingerprint density at radius 2 is 1.78 bits per heavy atom. The molecule has 0 aliphatic carbocycles. The first-order valence-corrected chi connectivity index (χ1v) is 11.5. The molecule has 5 rings (SSSR count). The highest BCUT2D eigenvalue weighted by molar-refractivity contribution is 5.90. The Balaban J connectivity index is 1.52. The van der Waals surface area contributed by atoms with E-state index in [0.717, 1.165) is 5.69 Å². The lowest BCUT2D eigenvalue weighted by Crippen LogP contribution is -2.19. The fourth-order valence-corrected chi connectivity index (χ4v) is 4.20. The number of benzene rings is 2. The second-order valence-corrected chi connectivity index (χ2v) is 8.44. The minimum atomic E-state index is -0.456. The average molecular weight is 499 g/mol. The Kier molecular flexibility index (Phi) is 6.27. The number of esters is 1. The number of ether oxygens (including phenoxy) is 2. The largest absolute Gasteiger partial charge is 0.485 e. The first-order valence-electron chi connectivity index (χ1n) is 11.5. The quantitative estimate of drug-likeness (QED) is 0.316. The van der Waals surface area contributed by atoms with Gasteiger partial charge in [0.1, 0.15) is 18.1 Å². The summed E-state index contributed by atoms with van der Waals surface area (Å²) < 4.78 is 27.3. The summed E-state index contributed by atoms with van der Waals surface area (Å²) in [6.45, 7) is 3.69. The van der Waals surface area contributed by atoms with Gasteiger partial charge in [0.25, 0.3) is 5.56 Å². The highest BCUT2D eigenvalue weighted by Crippen LogP contribution is 2.25. The minimum absolute atomic E-state index is 0.0862. The first-order chi connectivity index (χ1) is 17.9. The third-order valence-corrected chi connectivity index (χ3v) is 6.02. The van der Waals surface area contributed by atoms with E-state index in [0.29, 0.717) is 45.2 Å². The lowest BCUT2D eigenvalue weighted by Gasteiger charge is -2.13. The van der Waals surface area contributed by atoms with Crippen LogP contribution in [0, 0.1) is 19.7 Å². The predicted molar refractivity (Wildman–Crippen MR) is 136 cm³/mol. The Morgan fingerprint density at radius 1 is 1.03 bits per heavy atom. The van der Waals surface area contributed by atoms with Gasteiger partial charge in [0, 0.05) is 17.5 Å². The molecule has 0 atom stereocenters. The van der Waals surface area contributed by atoms with Crippen LogP contribution in [0.5, 0.6) is 5.75 Å². The zero-order chi connectivity index (χ0) is 26.1. The summed E-state index contributed by atoms with van der Waals surface area (Å²) in [6.07, 6.45) is 1.62. The summed E-state index contributed by atoms with van der Waals surface area (Å²) in [5, 5.41) is 4.61. The predicted octanol–water partition coefficient (Wildman–Crippen LogP) is 4.67. The van der Waals surface area contributed by atoms with Gasteiger partial charge < -0.3 is 9.47 Å². The van der Waals surface area contributed by atoms with Crippen molar-refractivity contribution < 1.29 is 18.7 Å². The van der Waals surface area contributed by atoms with Crippen molar-refractivity contribution in [2.75, 3.05) is 7.11 Å². The van der Waals surface area contributed by atoms with Gasteiger partial charge in [-0.1, -0.05) is 18.2 Å². The zero-order valence-electron chi connectivity index (χ0n) is 20.4. The van der Waals surface area contributed by atoms with E-state index in [4.69, 9.17) is 9.47 Å². The fourth-order valence-electron chi connectivity index (χ4n) is 4.20. The number of pyridine rings is 1. The number of aryl methyl sites for hydroxylation is 2. The van der Waals surface area contributed by atoms with E-state index in [1.54, 1.807) is 72.4 Å². The Labute approximate surface area is 211 Å². The van der Waals surface area contributed by atoms with Crippen molar-refractivity contribution in [1.82, 2.24) is 19.2 Å². The van der Waals surface area contributed by atoms with Crippen LogP contribution in [0.1, 0.15) is 27.3 Å². The molecule has 3 aromatic heterocycles. The van der Waals surface area contributed by atoms with Crippen molar-refractivity contribution in [2.45, 2.75) is 20.5 Å². The molecule has 0 aliphatic rings. The molecule has 9 heteroatoms. The average Bonchev–Trinajstić information content (AvgIpc) is 3.28. The van der Waals surface area contributed by atoms with Gasteiger partial charge in [-0.25, -0.2) is 18.9 Å². The number of carbonyl (C=O) groups excluding carboxylic acids is 1. The number of fused-ring (bicyclic) bond motifs is 1. The second kappa shape index (κ2) is 9.69. The Hall–Kier alpha value is -4.79. The first kappa shape index (κ1) is 23.9. The summed E-state index contributed by atoms with van der Waals surface area (Å²) in [5.41, 5.74) is 3.87. The Bertz CT molecular complexity index is 1690. The highest BCUT2D eigenvalue weighted by Gasteiger charge is 2.19. The molecule has 37 heavy (non-hydrogen) atoms. The Morgan fingerprint density at radius 3 is 2.54 bits per heavy atom. The molecule has 0 N–H and O–H groups in total. The lowest BCUT2D eigenvalue weighted by atomic mass is 10.1. The van der Waals surface area contributed by atoms with Crippen molar-refractivity contribution in [1.29, 1.82) is 0 Å². The van der Waals surface area contributed by atoms with Crippen LogP contribution < -0.4 is 10.3 Å². The van der Waals surface area contributed by atoms with Crippen molar-refractivity contribution >= 4 is 11.6 Å². The number of hydrogen-bond donors (Lipinski definition) is 0. The van der Waals surface area contributed by atoms with E-state index >= 15 is 0 Å². The number of carbonyl (C=O) groups is 1. The monoisotopic (exact) mass is 498 g/mol. The maximum absolute atomic E-state index is 13.6. The highest BCUT2D eigenvalue weighted by atomic mass is 19.1. The number of aromatic nitrogens is 4. The van der Waals surface area contributed by atoms with Gasteiger partial charge in [-0.05, 0) is 62.4 Å². The van der Waals surface area contributed by atoms with E-state index in [9.17, 15) is 14.0 Å². The molecular weight excluding hydrogens is 475 g/mol. The fraction of sp³-hybridized carbons (Fsp3) is 0.143. The molecule has 186 valence electrons. The smallest absolute Gasteiger partial charge is 0.338 e. The summed E-state index contributed by atoms with van der Waals surface area (Å²) in [5.74, 6) is -0.405. The molecule has 3 heterocycles. The molecule has 0 bridgehead atoms. The van der Waals surface area contributed by atoms with Crippen LogP contribution in [0.2, 0.25) is 0 Å². The van der Waals surface area contributed by atoms with Crippen LogP contribution >= 0.6 is 0 Å². The van der Waals surface area contributed by atoms with Crippen LogP contribution in [0.15, 0.2) is 77.7 Å². The van der Waals surface area contributed by atoms with E-state index in [1.165, 1.54) is 23.6 Å². The van der Waals surface area contributed by atoms with Crippen LogP contribution in [0.4, 0.5) is 4.39 Å². The second-order valence-electron chi connectivity index (χ2n) is 8.44. The van der Waals surface area contributed by atoms with E-state index in [2.05, 4.69) is 10.1 Å². The molecule has 5 aromatic rings. The van der Waals surface area contributed by atoms with Gasteiger partial charge in [-0.15, -0.1) is 0 Å².